The Balaban J connectivity index is 2.02. The molecule has 0 bridgehead atoms. The molecular formula is C29H39N3O5. The van der Waals surface area contributed by atoms with Crippen molar-refractivity contribution in [2.75, 3.05) is 11.9 Å². The van der Waals surface area contributed by atoms with E-state index in [4.69, 9.17) is 4.74 Å². The van der Waals surface area contributed by atoms with E-state index < -0.39 is 36.3 Å². The van der Waals surface area contributed by atoms with Crippen LogP contribution in [0.5, 0.6) is 0 Å². The number of rotatable bonds is 8. The summed E-state index contributed by atoms with van der Waals surface area (Å²) in [6.45, 7) is 12.3. The molecule has 3 amide bonds. The number of aliphatic hydroxyl groups is 1. The zero-order valence-corrected chi connectivity index (χ0v) is 22.8. The van der Waals surface area contributed by atoms with Gasteiger partial charge in [-0.05, 0) is 83.6 Å². The molecular weight excluding hydrogens is 470 g/mol. The van der Waals surface area contributed by atoms with Gasteiger partial charge in [0.2, 0.25) is 5.91 Å². The third-order valence-electron chi connectivity index (χ3n) is 6.34. The second kappa shape index (κ2) is 11.3. The molecule has 1 fully saturated rings. The number of alkyl carbamates (subject to hydrolysis) is 1. The van der Waals surface area contributed by atoms with Crippen LogP contribution in [0.1, 0.15) is 67.5 Å². The molecule has 8 heteroatoms. The topological polar surface area (TPSA) is 108 Å². The van der Waals surface area contributed by atoms with Crippen LogP contribution in [-0.2, 0) is 14.3 Å². The molecule has 200 valence electrons. The number of aliphatic hydroxyl groups excluding tert-OH is 1. The Bertz CT molecular complexity index is 1150. The first-order chi connectivity index (χ1) is 17.3. The summed E-state index contributed by atoms with van der Waals surface area (Å²) in [7, 11) is 0. The van der Waals surface area contributed by atoms with Crippen LogP contribution >= 0.6 is 0 Å². The second-order valence-electron chi connectivity index (χ2n) is 10.9. The normalized spacial score (nSPS) is 14.9. The third-order valence-corrected chi connectivity index (χ3v) is 6.34. The van der Waals surface area contributed by atoms with Crippen molar-refractivity contribution in [2.45, 2.75) is 85.0 Å². The first kappa shape index (κ1) is 28.2. The molecule has 8 nitrogen and oxygen atoms in total. The summed E-state index contributed by atoms with van der Waals surface area (Å²) in [6, 6.07) is 9.15. The molecule has 0 radical (unpaired) electrons. The van der Waals surface area contributed by atoms with Crippen molar-refractivity contribution in [3.05, 3.63) is 64.2 Å². The lowest BCUT2D eigenvalue weighted by molar-refractivity contribution is -0.142. The van der Waals surface area contributed by atoms with Crippen molar-refractivity contribution in [3.8, 4) is 0 Å². The summed E-state index contributed by atoms with van der Waals surface area (Å²) in [6.07, 6.45) is 0.654. The Morgan fingerprint density at radius 1 is 1.03 bits per heavy atom. The molecule has 0 heterocycles. The fourth-order valence-corrected chi connectivity index (χ4v) is 4.44. The Morgan fingerprint density at radius 2 is 1.65 bits per heavy atom. The highest BCUT2D eigenvalue weighted by Gasteiger charge is 2.44. The van der Waals surface area contributed by atoms with Crippen molar-refractivity contribution < 1.29 is 24.2 Å². The van der Waals surface area contributed by atoms with E-state index in [1.165, 1.54) is 4.90 Å². The monoisotopic (exact) mass is 509 g/mol. The minimum atomic E-state index is -1.25. The van der Waals surface area contributed by atoms with Gasteiger partial charge in [-0.15, -0.1) is 0 Å². The minimum Gasteiger partial charge on any atom is -0.444 e. The summed E-state index contributed by atoms with van der Waals surface area (Å²) < 4.78 is 5.30. The molecule has 1 aliphatic rings. The second-order valence-corrected chi connectivity index (χ2v) is 10.9. The summed E-state index contributed by atoms with van der Waals surface area (Å²) >= 11 is 0. The average molecular weight is 510 g/mol. The lowest BCUT2D eigenvalue weighted by Gasteiger charge is -2.35. The Kier molecular flexibility index (Phi) is 8.64. The molecule has 0 aromatic heterocycles. The molecule has 1 saturated carbocycles. The quantitative estimate of drug-likeness (QED) is 0.486. The highest BCUT2D eigenvalue weighted by Crippen LogP contribution is 2.37. The summed E-state index contributed by atoms with van der Waals surface area (Å²) in [4.78, 5) is 41.8. The van der Waals surface area contributed by atoms with Gasteiger partial charge in [-0.25, -0.2) is 4.79 Å². The van der Waals surface area contributed by atoms with Crippen molar-refractivity contribution in [3.63, 3.8) is 0 Å². The minimum absolute atomic E-state index is 0.184. The summed E-state index contributed by atoms with van der Waals surface area (Å²) in [5.74, 6) is -0.879. The van der Waals surface area contributed by atoms with Gasteiger partial charge in [-0.1, -0.05) is 42.0 Å². The van der Waals surface area contributed by atoms with Crippen LogP contribution in [0.2, 0.25) is 0 Å². The zero-order chi connectivity index (χ0) is 27.5. The van der Waals surface area contributed by atoms with Crippen molar-refractivity contribution in [1.29, 1.82) is 0 Å². The largest absolute Gasteiger partial charge is 0.444 e. The fraction of sp³-hybridized carbons (Fsp3) is 0.483. The first-order valence-corrected chi connectivity index (χ1v) is 12.7. The predicted molar refractivity (Wildman–Crippen MR) is 143 cm³/mol. The van der Waals surface area contributed by atoms with Crippen LogP contribution < -0.4 is 10.6 Å². The number of amides is 3. The highest BCUT2D eigenvalue weighted by molar-refractivity contribution is 6.00. The molecule has 2 aromatic carbocycles. The van der Waals surface area contributed by atoms with Gasteiger partial charge in [0, 0.05) is 11.7 Å². The molecule has 37 heavy (non-hydrogen) atoms. The number of hydrogen-bond acceptors (Lipinski definition) is 5. The third kappa shape index (κ3) is 7.10. The van der Waals surface area contributed by atoms with Gasteiger partial charge < -0.3 is 25.4 Å². The predicted octanol–water partition coefficient (Wildman–Crippen LogP) is 4.48. The van der Waals surface area contributed by atoms with E-state index >= 15 is 0 Å². The number of hydrogen-bond donors (Lipinski definition) is 3. The number of anilines is 1. The molecule has 2 atom stereocenters. The van der Waals surface area contributed by atoms with Crippen LogP contribution in [0.25, 0.3) is 0 Å². The van der Waals surface area contributed by atoms with Gasteiger partial charge in [0.25, 0.3) is 5.91 Å². The molecule has 2 aromatic rings. The van der Waals surface area contributed by atoms with Crippen molar-refractivity contribution in [1.82, 2.24) is 10.2 Å². The van der Waals surface area contributed by atoms with Gasteiger partial charge >= 0.3 is 6.09 Å². The smallest absolute Gasteiger partial charge is 0.408 e. The lowest BCUT2D eigenvalue weighted by atomic mass is 9.96. The van der Waals surface area contributed by atoms with E-state index in [2.05, 4.69) is 10.6 Å². The molecule has 2 unspecified atom stereocenters. The SMILES string of the molecule is Cc1ccc(C(C(=O)Nc2c(C)cccc2C)N(C(=O)C(CO)NC(=O)OC(C)(C)C)C2CC2)c(C)c1. The summed E-state index contributed by atoms with van der Waals surface area (Å²) in [5.41, 5.74) is 4.38. The van der Waals surface area contributed by atoms with Crippen LogP contribution in [-0.4, -0.2) is 52.2 Å². The number of para-hydroxylation sites is 1. The van der Waals surface area contributed by atoms with E-state index in [1.54, 1.807) is 20.8 Å². The van der Waals surface area contributed by atoms with Gasteiger partial charge in [-0.3, -0.25) is 9.59 Å². The van der Waals surface area contributed by atoms with Gasteiger partial charge in [0.1, 0.15) is 17.7 Å². The van der Waals surface area contributed by atoms with Crippen LogP contribution in [0.3, 0.4) is 0 Å². The Labute approximate surface area is 219 Å². The van der Waals surface area contributed by atoms with E-state index in [1.807, 2.05) is 64.1 Å². The number of carbonyl (C=O) groups is 3. The fourth-order valence-electron chi connectivity index (χ4n) is 4.44. The van der Waals surface area contributed by atoms with Gasteiger partial charge in [0.15, 0.2) is 0 Å². The van der Waals surface area contributed by atoms with E-state index in [0.29, 0.717) is 11.3 Å². The maximum Gasteiger partial charge on any atom is 0.408 e. The van der Waals surface area contributed by atoms with E-state index in [-0.39, 0.29) is 11.9 Å². The number of ether oxygens (including phenoxy) is 1. The standard InChI is InChI=1S/C29H39N3O5/c1-17-11-14-22(20(4)15-17)25(26(34)31-24-18(2)9-8-10-19(24)3)32(21-12-13-21)27(35)23(16-33)30-28(36)37-29(5,6)7/h8-11,14-15,21,23,25,33H,12-13,16H2,1-7H3,(H,30,36)(H,31,34). The Morgan fingerprint density at radius 3 is 2.16 bits per heavy atom. The lowest BCUT2D eigenvalue weighted by Crippen LogP contribution is -2.54. The maximum atomic E-state index is 14.0. The van der Waals surface area contributed by atoms with Gasteiger partial charge in [-0.2, -0.15) is 0 Å². The Hall–Kier alpha value is -3.39. The molecule has 0 aliphatic heterocycles. The number of benzene rings is 2. The van der Waals surface area contributed by atoms with Crippen LogP contribution in [0, 0.1) is 27.7 Å². The summed E-state index contributed by atoms with van der Waals surface area (Å²) in [5, 5.41) is 15.6. The molecule has 0 spiro atoms. The first-order valence-electron chi connectivity index (χ1n) is 12.7. The van der Waals surface area contributed by atoms with Crippen molar-refractivity contribution in [2.24, 2.45) is 0 Å². The highest BCUT2D eigenvalue weighted by atomic mass is 16.6. The zero-order valence-electron chi connectivity index (χ0n) is 22.8. The molecule has 3 N–H and O–H groups in total. The average Bonchev–Trinajstić information content (AvgIpc) is 3.62. The van der Waals surface area contributed by atoms with Crippen LogP contribution in [0.4, 0.5) is 10.5 Å². The number of aryl methyl sites for hydroxylation is 4. The van der Waals surface area contributed by atoms with Crippen LogP contribution in [0.15, 0.2) is 36.4 Å². The van der Waals surface area contributed by atoms with E-state index in [9.17, 15) is 19.5 Å². The number of nitrogens with one attached hydrogen (secondary N) is 2. The number of carbonyl (C=O) groups excluding carboxylic acids is 3. The van der Waals surface area contributed by atoms with Crippen molar-refractivity contribution >= 4 is 23.6 Å². The molecule has 1 aliphatic carbocycles. The molecule has 3 rings (SSSR count). The maximum absolute atomic E-state index is 14.0. The number of nitrogens with zero attached hydrogens (tertiary/aromatic N) is 1. The van der Waals surface area contributed by atoms with E-state index in [0.717, 1.165) is 35.1 Å². The molecule has 0 saturated heterocycles. The van der Waals surface area contributed by atoms with Gasteiger partial charge in [0.05, 0.1) is 6.61 Å².